The van der Waals surface area contributed by atoms with Crippen LogP contribution >= 0.6 is 0 Å². The maximum absolute atomic E-state index is 12.9. The van der Waals surface area contributed by atoms with Crippen LogP contribution in [0.2, 0.25) is 0 Å². The van der Waals surface area contributed by atoms with Crippen LogP contribution in [-0.2, 0) is 19.1 Å². The normalized spacial score (nSPS) is 20.8. The molecule has 24 heavy (non-hydrogen) atoms. The number of ether oxygens (including phenoxy) is 2. The molecule has 2 rings (SSSR count). The van der Waals surface area contributed by atoms with Crippen LogP contribution in [0.25, 0.3) is 0 Å². The smallest absolute Gasteiger partial charge is 0.329 e. The second-order valence-corrected chi connectivity index (χ2v) is 6.10. The topological polar surface area (TPSA) is 86.0 Å². The minimum atomic E-state index is -1.01. The molecule has 0 aliphatic carbocycles. The molecule has 7 nitrogen and oxygen atoms in total. The van der Waals surface area contributed by atoms with Gasteiger partial charge in [-0.3, -0.25) is 9.59 Å². The molecular formula is C17H23NO6. The van der Waals surface area contributed by atoms with Gasteiger partial charge in [0, 0.05) is 12.1 Å². The van der Waals surface area contributed by atoms with Gasteiger partial charge in [-0.2, -0.15) is 0 Å². The number of carbonyl (C=O) groups is 3. The Morgan fingerprint density at radius 2 is 1.88 bits per heavy atom. The molecule has 0 bridgehead atoms. The van der Waals surface area contributed by atoms with Crippen LogP contribution in [0.15, 0.2) is 16.7 Å². The second kappa shape index (κ2) is 7.51. The Balaban J connectivity index is 2.38. The fraction of sp³-hybridized carbons (Fsp3) is 0.588. The van der Waals surface area contributed by atoms with E-state index < -0.39 is 29.8 Å². The summed E-state index contributed by atoms with van der Waals surface area (Å²) in [4.78, 5) is 38.6. The zero-order valence-corrected chi connectivity index (χ0v) is 14.4. The molecule has 0 saturated carbocycles. The Morgan fingerprint density at radius 3 is 2.46 bits per heavy atom. The van der Waals surface area contributed by atoms with Crippen LogP contribution < -0.4 is 0 Å². The summed E-state index contributed by atoms with van der Waals surface area (Å²) in [6.07, 6.45) is 2.51. The zero-order chi connectivity index (χ0) is 17.9. The Morgan fingerprint density at radius 1 is 1.21 bits per heavy atom. The summed E-state index contributed by atoms with van der Waals surface area (Å²) < 4.78 is 15.0. The minimum Gasteiger partial charge on any atom is -0.469 e. The van der Waals surface area contributed by atoms with E-state index in [1.54, 1.807) is 6.07 Å². The molecule has 0 N–H and O–H groups in total. The summed E-state index contributed by atoms with van der Waals surface area (Å²) in [6, 6.07) is 0.737. The highest BCUT2D eigenvalue weighted by Crippen LogP contribution is 2.29. The molecule has 1 aromatic rings. The predicted molar refractivity (Wildman–Crippen MR) is 84.4 cm³/mol. The molecule has 132 valence electrons. The molecule has 1 fully saturated rings. The molecule has 1 amide bonds. The Labute approximate surface area is 140 Å². The molecule has 1 aromatic heterocycles. The van der Waals surface area contributed by atoms with Crippen LogP contribution in [-0.4, -0.2) is 49.6 Å². The van der Waals surface area contributed by atoms with Gasteiger partial charge in [0.1, 0.15) is 6.04 Å². The van der Waals surface area contributed by atoms with E-state index in [0.717, 1.165) is 5.56 Å². The highest BCUT2D eigenvalue weighted by Gasteiger charge is 2.45. The number of nitrogens with zero attached hydrogens (tertiary/aromatic N) is 1. The molecule has 0 radical (unpaired) electrons. The van der Waals surface area contributed by atoms with E-state index in [-0.39, 0.29) is 11.7 Å². The van der Waals surface area contributed by atoms with Crippen LogP contribution in [0.4, 0.5) is 0 Å². The third-order valence-electron chi connectivity index (χ3n) is 4.35. The van der Waals surface area contributed by atoms with E-state index in [4.69, 9.17) is 13.9 Å². The summed E-state index contributed by atoms with van der Waals surface area (Å²) in [7, 11) is 2.50. The first-order valence-electron chi connectivity index (χ1n) is 7.96. The lowest BCUT2D eigenvalue weighted by Gasteiger charge is -2.37. The molecule has 0 unspecified atom stereocenters. The van der Waals surface area contributed by atoms with Crippen molar-refractivity contribution < 1.29 is 28.3 Å². The van der Waals surface area contributed by atoms with E-state index >= 15 is 0 Å². The fourth-order valence-corrected chi connectivity index (χ4v) is 3.11. The van der Waals surface area contributed by atoms with Gasteiger partial charge in [0.25, 0.3) is 5.91 Å². The number of rotatable bonds is 4. The average molecular weight is 337 g/mol. The number of amides is 1. The number of esters is 2. The maximum atomic E-state index is 12.9. The summed E-state index contributed by atoms with van der Waals surface area (Å²) in [6.45, 7) is 4.25. The molecule has 1 aliphatic rings. The highest BCUT2D eigenvalue weighted by molar-refractivity contribution is 5.97. The van der Waals surface area contributed by atoms with Crippen molar-refractivity contribution in [1.82, 2.24) is 4.90 Å². The van der Waals surface area contributed by atoms with Gasteiger partial charge in [-0.1, -0.05) is 13.8 Å². The van der Waals surface area contributed by atoms with Gasteiger partial charge in [-0.05, 0) is 24.8 Å². The third kappa shape index (κ3) is 3.29. The lowest BCUT2D eigenvalue weighted by Crippen LogP contribution is -2.55. The molecule has 2 atom stereocenters. The van der Waals surface area contributed by atoms with Crippen molar-refractivity contribution in [3.63, 3.8) is 0 Å². The van der Waals surface area contributed by atoms with Crippen LogP contribution in [0.3, 0.4) is 0 Å². The van der Waals surface area contributed by atoms with Gasteiger partial charge in [-0.25, -0.2) is 4.79 Å². The monoisotopic (exact) mass is 337 g/mol. The number of hydrogen-bond acceptors (Lipinski definition) is 6. The maximum Gasteiger partial charge on any atom is 0.329 e. The lowest BCUT2D eigenvalue weighted by molar-refractivity contribution is -0.160. The van der Waals surface area contributed by atoms with Gasteiger partial charge in [-0.15, -0.1) is 0 Å². The Hall–Kier alpha value is -2.31. The minimum absolute atomic E-state index is 0.0977. The Kier molecular flexibility index (Phi) is 5.64. The molecule has 7 heteroatoms. The quantitative estimate of drug-likeness (QED) is 0.781. The van der Waals surface area contributed by atoms with E-state index in [0.29, 0.717) is 19.4 Å². The number of piperidine rings is 1. The van der Waals surface area contributed by atoms with Crippen molar-refractivity contribution >= 4 is 17.8 Å². The van der Waals surface area contributed by atoms with Crippen molar-refractivity contribution in [2.75, 3.05) is 20.8 Å². The molecular weight excluding hydrogens is 314 g/mol. The zero-order valence-electron chi connectivity index (χ0n) is 14.4. The van der Waals surface area contributed by atoms with Crippen LogP contribution in [0.5, 0.6) is 0 Å². The fourth-order valence-electron chi connectivity index (χ4n) is 3.11. The number of methoxy groups -OCH3 is 2. The van der Waals surface area contributed by atoms with Crippen LogP contribution in [0, 0.1) is 5.92 Å². The van der Waals surface area contributed by atoms with Crippen molar-refractivity contribution in [3.05, 3.63) is 23.7 Å². The first-order chi connectivity index (χ1) is 11.4. The second-order valence-electron chi connectivity index (χ2n) is 6.10. The van der Waals surface area contributed by atoms with Crippen molar-refractivity contribution in [1.29, 1.82) is 0 Å². The summed E-state index contributed by atoms with van der Waals surface area (Å²) in [5, 5.41) is 0. The van der Waals surface area contributed by atoms with Crippen molar-refractivity contribution in [2.24, 2.45) is 5.92 Å². The van der Waals surface area contributed by atoms with Gasteiger partial charge < -0.3 is 18.8 Å². The third-order valence-corrected chi connectivity index (χ3v) is 4.35. The van der Waals surface area contributed by atoms with E-state index in [1.807, 2.05) is 13.8 Å². The Bertz CT molecular complexity index is 620. The summed E-state index contributed by atoms with van der Waals surface area (Å²) >= 11 is 0. The van der Waals surface area contributed by atoms with Crippen molar-refractivity contribution in [3.8, 4) is 0 Å². The van der Waals surface area contributed by atoms with Gasteiger partial charge in [0.2, 0.25) is 0 Å². The molecule has 1 aliphatic heterocycles. The highest BCUT2D eigenvalue weighted by atomic mass is 16.5. The van der Waals surface area contributed by atoms with Gasteiger partial charge in [0.15, 0.2) is 5.76 Å². The number of hydrogen-bond donors (Lipinski definition) is 0. The molecule has 1 saturated heterocycles. The first-order valence-corrected chi connectivity index (χ1v) is 7.96. The molecule has 0 aromatic carbocycles. The van der Waals surface area contributed by atoms with Gasteiger partial charge in [0.05, 0.1) is 26.4 Å². The summed E-state index contributed by atoms with van der Waals surface area (Å²) in [5.41, 5.74) is 0.767. The first kappa shape index (κ1) is 18.0. The molecule has 0 spiro atoms. The van der Waals surface area contributed by atoms with E-state index in [2.05, 4.69) is 0 Å². The predicted octanol–water partition coefficient (Wildman–Crippen LogP) is 1.97. The largest absolute Gasteiger partial charge is 0.469 e. The van der Waals surface area contributed by atoms with E-state index in [9.17, 15) is 14.4 Å². The number of furan rings is 1. The lowest BCUT2D eigenvalue weighted by atomic mass is 9.88. The number of likely N-dealkylation sites (tertiary alicyclic amines) is 1. The van der Waals surface area contributed by atoms with Crippen LogP contribution in [0.1, 0.15) is 48.7 Å². The van der Waals surface area contributed by atoms with Crippen molar-refractivity contribution in [2.45, 2.75) is 38.6 Å². The van der Waals surface area contributed by atoms with E-state index in [1.165, 1.54) is 25.4 Å². The number of carbonyl (C=O) groups excluding carboxylic acids is 3. The SMILES string of the molecule is COC(=O)[C@H]1CCCN(C(=O)c2occc2C(C)C)[C@H]1C(=O)OC. The average Bonchev–Trinajstić information content (AvgIpc) is 3.09. The summed E-state index contributed by atoms with van der Waals surface area (Å²) in [5.74, 6) is -2.00. The molecule has 2 heterocycles. The van der Waals surface area contributed by atoms with Gasteiger partial charge >= 0.3 is 11.9 Å². The standard InChI is InChI=1S/C17H23NO6/c1-10(2)11-7-9-24-14(11)15(19)18-8-5-6-12(16(20)22-3)13(18)17(21)23-4/h7,9-10,12-13H,5-6,8H2,1-4H3/t12-,13+/m0/s1.